The van der Waals surface area contributed by atoms with Crippen molar-refractivity contribution < 1.29 is 18.8 Å². The van der Waals surface area contributed by atoms with E-state index in [1.165, 1.54) is 12.1 Å². The average Bonchev–Trinajstić information content (AvgIpc) is 3.13. The maximum atomic E-state index is 14.2. The number of hydrogen-bond acceptors (Lipinski definition) is 4. The molecule has 9 heteroatoms. The van der Waals surface area contributed by atoms with E-state index in [1.54, 1.807) is 23.9 Å². The number of carbonyl (C=O) groups is 3. The van der Waals surface area contributed by atoms with Gasteiger partial charge in [0.25, 0.3) is 5.91 Å². The molecular formula is C23H28FN5O3. The molecule has 8 nitrogen and oxygen atoms in total. The Morgan fingerprint density at radius 1 is 1.19 bits per heavy atom. The fraction of sp³-hybridized carbons (Fsp3) is 0.348. The Labute approximate surface area is 186 Å². The number of anilines is 1. The highest BCUT2D eigenvalue weighted by Crippen LogP contribution is 2.22. The molecule has 0 spiro atoms. The molecule has 32 heavy (non-hydrogen) atoms. The number of benzene rings is 2. The van der Waals surface area contributed by atoms with Crippen LogP contribution >= 0.6 is 0 Å². The SMILES string of the molecule is Cc1ccc(C(C(=O)Nc2cc(F)cc(C(=O)NCCN3CCNC3=O)c2)N(C)C)cc1. The molecule has 0 aromatic heterocycles. The molecule has 170 valence electrons. The summed E-state index contributed by atoms with van der Waals surface area (Å²) < 4.78 is 14.2. The van der Waals surface area contributed by atoms with E-state index in [-0.39, 0.29) is 29.7 Å². The second kappa shape index (κ2) is 10.2. The van der Waals surface area contributed by atoms with E-state index in [0.717, 1.165) is 17.2 Å². The zero-order valence-electron chi connectivity index (χ0n) is 18.4. The molecule has 1 atom stereocenters. The van der Waals surface area contributed by atoms with Gasteiger partial charge in [-0.2, -0.15) is 0 Å². The number of amides is 4. The minimum Gasteiger partial charge on any atom is -0.350 e. The molecule has 0 bridgehead atoms. The third-order valence-electron chi connectivity index (χ3n) is 5.20. The third kappa shape index (κ3) is 5.82. The number of nitrogens with one attached hydrogen (secondary N) is 3. The van der Waals surface area contributed by atoms with Gasteiger partial charge in [0.05, 0.1) is 0 Å². The van der Waals surface area contributed by atoms with Gasteiger partial charge in [0.1, 0.15) is 11.9 Å². The molecule has 4 amide bonds. The van der Waals surface area contributed by atoms with Crippen LogP contribution in [-0.2, 0) is 4.79 Å². The van der Waals surface area contributed by atoms with Gasteiger partial charge in [-0.1, -0.05) is 29.8 Å². The van der Waals surface area contributed by atoms with Crippen LogP contribution in [0.1, 0.15) is 27.5 Å². The fourth-order valence-electron chi connectivity index (χ4n) is 3.57. The highest BCUT2D eigenvalue weighted by atomic mass is 19.1. The van der Waals surface area contributed by atoms with Crippen molar-refractivity contribution >= 4 is 23.5 Å². The van der Waals surface area contributed by atoms with Crippen LogP contribution in [0.3, 0.4) is 0 Å². The molecule has 1 fully saturated rings. The maximum absolute atomic E-state index is 14.2. The summed E-state index contributed by atoms with van der Waals surface area (Å²) in [7, 11) is 3.57. The second-order valence-corrected chi connectivity index (χ2v) is 7.97. The summed E-state index contributed by atoms with van der Waals surface area (Å²) in [5, 5.41) is 8.08. The highest BCUT2D eigenvalue weighted by Gasteiger charge is 2.24. The van der Waals surface area contributed by atoms with Crippen LogP contribution in [0.5, 0.6) is 0 Å². The minimum atomic E-state index is -0.636. The van der Waals surface area contributed by atoms with Gasteiger partial charge in [0.15, 0.2) is 0 Å². The van der Waals surface area contributed by atoms with Crippen molar-refractivity contribution in [2.75, 3.05) is 45.6 Å². The standard InChI is InChI=1S/C23H28FN5O3/c1-15-4-6-16(7-5-15)20(28(2)3)22(31)27-19-13-17(12-18(24)14-19)21(30)25-8-10-29-11-9-26-23(29)32/h4-7,12-14,20H,8-11H2,1-3H3,(H,25,30)(H,26,32)(H,27,31). The van der Waals surface area contributed by atoms with Crippen molar-refractivity contribution in [2.24, 2.45) is 0 Å². The molecule has 3 rings (SSSR count). The Kier molecular flexibility index (Phi) is 7.42. The van der Waals surface area contributed by atoms with Crippen molar-refractivity contribution in [3.05, 3.63) is 65.0 Å². The van der Waals surface area contributed by atoms with Crippen molar-refractivity contribution in [2.45, 2.75) is 13.0 Å². The quantitative estimate of drug-likeness (QED) is 0.585. The Hall–Kier alpha value is -3.46. The van der Waals surface area contributed by atoms with Gasteiger partial charge in [0, 0.05) is 37.4 Å². The predicted octanol–water partition coefficient (Wildman–Crippen LogP) is 2.13. The maximum Gasteiger partial charge on any atom is 0.317 e. The lowest BCUT2D eigenvalue weighted by Gasteiger charge is -2.24. The van der Waals surface area contributed by atoms with E-state index in [9.17, 15) is 18.8 Å². The summed E-state index contributed by atoms with van der Waals surface area (Å²) >= 11 is 0. The summed E-state index contributed by atoms with van der Waals surface area (Å²) in [4.78, 5) is 40.3. The Balaban J connectivity index is 1.67. The van der Waals surface area contributed by atoms with Gasteiger partial charge < -0.3 is 20.9 Å². The van der Waals surface area contributed by atoms with Gasteiger partial charge in [0.2, 0.25) is 5.91 Å². The van der Waals surface area contributed by atoms with E-state index in [2.05, 4.69) is 16.0 Å². The summed E-state index contributed by atoms with van der Waals surface area (Å²) in [5.41, 5.74) is 2.16. The number of nitrogens with zero attached hydrogens (tertiary/aromatic N) is 2. The lowest BCUT2D eigenvalue weighted by molar-refractivity contribution is -0.120. The summed E-state index contributed by atoms with van der Waals surface area (Å²) in [6.45, 7) is 3.72. The van der Waals surface area contributed by atoms with Gasteiger partial charge in [-0.15, -0.1) is 0 Å². The zero-order chi connectivity index (χ0) is 23.3. The molecule has 1 aliphatic heterocycles. The summed E-state index contributed by atoms with van der Waals surface area (Å²) in [5.74, 6) is -1.46. The molecule has 0 aliphatic carbocycles. The molecule has 1 unspecified atom stereocenters. The van der Waals surface area contributed by atoms with Crippen LogP contribution in [0.4, 0.5) is 14.9 Å². The van der Waals surface area contributed by atoms with E-state index in [1.807, 2.05) is 31.2 Å². The van der Waals surface area contributed by atoms with Crippen LogP contribution < -0.4 is 16.0 Å². The third-order valence-corrected chi connectivity index (χ3v) is 5.20. The Bertz CT molecular complexity index is 994. The average molecular weight is 442 g/mol. The van der Waals surface area contributed by atoms with Crippen LogP contribution in [0, 0.1) is 12.7 Å². The van der Waals surface area contributed by atoms with Crippen molar-refractivity contribution in [3.8, 4) is 0 Å². The monoisotopic (exact) mass is 441 g/mol. The highest BCUT2D eigenvalue weighted by molar-refractivity contribution is 5.99. The lowest BCUT2D eigenvalue weighted by atomic mass is 10.0. The first-order valence-corrected chi connectivity index (χ1v) is 10.4. The Morgan fingerprint density at radius 2 is 1.91 bits per heavy atom. The summed E-state index contributed by atoms with van der Waals surface area (Å²) in [6.07, 6.45) is 0. The molecule has 3 N–H and O–H groups in total. The molecule has 0 radical (unpaired) electrons. The first-order valence-electron chi connectivity index (χ1n) is 10.4. The van der Waals surface area contributed by atoms with E-state index < -0.39 is 17.8 Å². The molecular weight excluding hydrogens is 413 g/mol. The van der Waals surface area contributed by atoms with E-state index >= 15 is 0 Å². The molecule has 1 heterocycles. The van der Waals surface area contributed by atoms with Crippen molar-refractivity contribution in [3.63, 3.8) is 0 Å². The van der Waals surface area contributed by atoms with Gasteiger partial charge in [-0.05, 0) is 44.8 Å². The number of aryl methyl sites for hydroxylation is 1. The molecule has 1 saturated heterocycles. The minimum absolute atomic E-state index is 0.0860. The number of hydrogen-bond donors (Lipinski definition) is 3. The van der Waals surface area contributed by atoms with Crippen molar-refractivity contribution in [1.82, 2.24) is 20.4 Å². The summed E-state index contributed by atoms with van der Waals surface area (Å²) in [6, 6.07) is 10.6. The van der Waals surface area contributed by atoms with Crippen LogP contribution in [0.15, 0.2) is 42.5 Å². The largest absolute Gasteiger partial charge is 0.350 e. The Morgan fingerprint density at radius 3 is 2.53 bits per heavy atom. The van der Waals surface area contributed by atoms with Crippen molar-refractivity contribution in [1.29, 1.82) is 0 Å². The molecule has 2 aromatic carbocycles. The smallest absolute Gasteiger partial charge is 0.317 e. The fourth-order valence-corrected chi connectivity index (χ4v) is 3.57. The first-order chi connectivity index (χ1) is 15.2. The van der Waals surface area contributed by atoms with Crippen LogP contribution in [-0.4, -0.2) is 67.9 Å². The molecule has 1 aliphatic rings. The van der Waals surface area contributed by atoms with Crippen LogP contribution in [0.25, 0.3) is 0 Å². The number of rotatable bonds is 8. The lowest BCUT2D eigenvalue weighted by Crippen LogP contribution is -2.36. The van der Waals surface area contributed by atoms with E-state index in [4.69, 9.17) is 0 Å². The molecule has 2 aromatic rings. The number of urea groups is 1. The van der Waals surface area contributed by atoms with Gasteiger partial charge in [-0.25, -0.2) is 9.18 Å². The number of halogens is 1. The number of carbonyl (C=O) groups excluding carboxylic acids is 3. The second-order valence-electron chi connectivity index (χ2n) is 7.97. The predicted molar refractivity (Wildman–Crippen MR) is 120 cm³/mol. The number of likely N-dealkylation sites (N-methyl/N-ethyl adjacent to an activating group) is 1. The molecule has 0 saturated carbocycles. The normalized spacial score (nSPS) is 14.3. The van der Waals surface area contributed by atoms with Gasteiger partial charge in [-0.3, -0.25) is 14.5 Å². The zero-order valence-corrected chi connectivity index (χ0v) is 18.4. The first kappa shape index (κ1) is 23.2. The van der Waals surface area contributed by atoms with Gasteiger partial charge >= 0.3 is 6.03 Å². The topological polar surface area (TPSA) is 93.8 Å². The van der Waals surface area contributed by atoms with E-state index in [0.29, 0.717) is 19.6 Å². The van der Waals surface area contributed by atoms with Crippen LogP contribution in [0.2, 0.25) is 0 Å².